The van der Waals surface area contributed by atoms with E-state index in [1.807, 2.05) is 0 Å². The van der Waals surface area contributed by atoms with Gasteiger partial charge in [0.05, 0.1) is 19.4 Å². The first kappa shape index (κ1) is 12.2. The molecule has 4 nitrogen and oxygen atoms in total. The van der Waals surface area contributed by atoms with Gasteiger partial charge in [0.25, 0.3) is 0 Å². The Bertz CT molecular complexity index is 367. The van der Waals surface area contributed by atoms with Crippen molar-refractivity contribution in [3.05, 3.63) is 35.4 Å². The molecule has 0 aliphatic rings. The average Bonchev–Trinajstić information content (AvgIpc) is 2.20. The number of esters is 1. The average molecular weight is 222 g/mol. The third-order valence-corrected chi connectivity index (χ3v) is 2.03. The van der Waals surface area contributed by atoms with Gasteiger partial charge in [-0.05, 0) is 18.1 Å². The van der Waals surface area contributed by atoms with Gasteiger partial charge in [-0.3, -0.25) is 9.59 Å². The minimum absolute atomic E-state index is 0.000311. The summed E-state index contributed by atoms with van der Waals surface area (Å²) in [5.41, 5.74) is 1.55. The molecule has 4 heteroatoms. The number of aliphatic carboxylic acids is 1. The van der Waals surface area contributed by atoms with Gasteiger partial charge in [-0.1, -0.05) is 24.3 Å². The van der Waals surface area contributed by atoms with Gasteiger partial charge >= 0.3 is 11.9 Å². The Kier molecular flexibility index (Phi) is 4.51. The normalized spacial score (nSPS) is 9.81. The summed E-state index contributed by atoms with van der Waals surface area (Å²) < 4.78 is 4.81. The highest BCUT2D eigenvalue weighted by atomic mass is 16.5. The molecule has 0 spiro atoms. The molecular formula is C12H14O4. The van der Waals surface area contributed by atoms with Gasteiger partial charge in [-0.25, -0.2) is 0 Å². The lowest BCUT2D eigenvalue weighted by molar-refractivity contribution is -0.142. The zero-order valence-corrected chi connectivity index (χ0v) is 9.10. The van der Waals surface area contributed by atoms with Gasteiger partial charge in [-0.15, -0.1) is 0 Å². The number of carboxylic acid groups (broad SMARTS) is 1. The molecule has 0 aliphatic carbocycles. The summed E-state index contributed by atoms with van der Waals surface area (Å²) in [7, 11) is 0. The molecule has 1 aromatic carbocycles. The van der Waals surface area contributed by atoms with Gasteiger partial charge in [0, 0.05) is 0 Å². The topological polar surface area (TPSA) is 63.6 Å². The Hall–Kier alpha value is -1.84. The van der Waals surface area contributed by atoms with E-state index < -0.39 is 5.97 Å². The van der Waals surface area contributed by atoms with Crippen LogP contribution in [0, 0.1) is 0 Å². The van der Waals surface area contributed by atoms with E-state index in [2.05, 4.69) is 0 Å². The van der Waals surface area contributed by atoms with Crippen molar-refractivity contribution in [1.29, 1.82) is 0 Å². The number of ether oxygens (including phenoxy) is 1. The number of carboxylic acids is 1. The molecule has 86 valence electrons. The zero-order chi connectivity index (χ0) is 12.0. The van der Waals surface area contributed by atoms with E-state index >= 15 is 0 Å². The molecule has 1 N–H and O–H groups in total. The molecule has 0 aliphatic heterocycles. The van der Waals surface area contributed by atoms with Crippen LogP contribution in [-0.2, 0) is 27.2 Å². The summed E-state index contributed by atoms with van der Waals surface area (Å²) >= 11 is 0. The Labute approximate surface area is 93.9 Å². The zero-order valence-electron chi connectivity index (χ0n) is 9.10. The number of hydrogen-bond donors (Lipinski definition) is 1. The maximum atomic E-state index is 11.2. The Morgan fingerprint density at radius 3 is 2.06 bits per heavy atom. The highest BCUT2D eigenvalue weighted by Crippen LogP contribution is 2.06. The van der Waals surface area contributed by atoms with E-state index in [0.717, 1.165) is 11.1 Å². The summed E-state index contributed by atoms with van der Waals surface area (Å²) in [6.45, 7) is 2.13. The smallest absolute Gasteiger partial charge is 0.310 e. The molecule has 0 fully saturated rings. The van der Waals surface area contributed by atoms with Crippen LogP contribution >= 0.6 is 0 Å². The van der Waals surface area contributed by atoms with Crippen molar-refractivity contribution in [1.82, 2.24) is 0 Å². The van der Waals surface area contributed by atoms with Gasteiger partial charge in [-0.2, -0.15) is 0 Å². The van der Waals surface area contributed by atoms with Crippen LogP contribution in [0.2, 0.25) is 0 Å². The first-order chi connectivity index (χ1) is 7.61. The van der Waals surface area contributed by atoms with E-state index in [0.29, 0.717) is 6.61 Å². The van der Waals surface area contributed by atoms with Crippen LogP contribution < -0.4 is 0 Å². The predicted molar refractivity (Wildman–Crippen MR) is 58.1 cm³/mol. The standard InChI is InChI=1S/C12H14O4/c1-2-16-12(15)8-10-5-3-9(4-6-10)7-11(13)14/h3-6H,2,7-8H2,1H3,(H,13,14). The van der Waals surface area contributed by atoms with Gasteiger partial charge in [0.15, 0.2) is 0 Å². The monoisotopic (exact) mass is 222 g/mol. The fourth-order valence-corrected chi connectivity index (χ4v) is 1.33. The van der Waals surface area contributed by atoms with E-state index in [1.54, 1.807) is 31.2 Å². The van der Waals surface area contributed by atoms with Crippen molar-refractivity contribution in [3.8, 4) is 0 Å². The summed E-state index contributed by atoms with van der Waals surface area (Å²) in [6.07, 6.45) is 0.223. The van der Waals surface area contributed by atoms with Crippen LogP contribution in [0.1, 0.15) is 18.1 Å². The molecule has 0 saturated carbocycles. The minimum atomic E-state index is -0.863. The van der Waals surface area contributed by atoms with Crippen molar-refractivity contribution in [2.45, 2.75) is 19.8 Å². The molecular weight excluding hydrogens is 208 g/mol. The predicted octanol–water partition coefficient (Wildman–Crippen LogP) is 1.42. The second-order valence-electron chi connectivity index (χ2n) is 3.37. The molecule has 1 aromatic rings. The highest BCUT2D eigenvalue weighted by Gasteiger charge is 2.04. The molecule has 16 heavy (non-hydrogen) atoms. The molecule has 0 saturated heterocycles. The highest BCUT2D eigenvalue weighted by molar-refractivity contribution is 5.73. The number of rotatable bonds is 5. The van der Waals surface area contributed by atoms with E-state index in [-0.39, 0.29) is 18.8 Å². The summed E-state index contributed by atoms with van der Waals surface area (Å²) in [6, 6.07) is 6.91. The molecule has 0 atom stereocenters. The van der Waals surface area contributed by atoms with Crippen molar-refractivity contribution in [3.63, 3.8) is 0 Å². The van der Waals surface area contributed by atoms with Crippen molar-refractivity contribution in [2.24, 2.45) is 0 Å². The maximum Gasteiger partial charge on any atom is 0.310 e. The summed E-state index contributed by atoms with van der Waals surface area (Å²) in [5.74, 6) is -1.13. The van der Waals surface area contributed by atoms with E-state index in [4.69, 9.17) is 9.84 Å². The second-order valence-corrected chi connectivity index (χ2v) is 3.37. The molecule has 0 bridgehead atoms. The lowest BCUT2D eigenvalue weighted by Gasteiger charge is -2.03. The van der Waals surface area contributed by atoms with E-state index in [9.17, 15) is 9.59 Å². The van der Waals surface area contributed by atoms with Crippen LogP contribution in [0.4, 0.5) is 0 Å². The van der Waals surface area contributed by atoms with Gasteiger partial charge in [0.1, 0.15) is 0 Å². The lowest BCUT2D eigenvalue weighted by atomic mass is 10.1. The van der Waals surface area contributed by atoms with E-state index in [1.165, 1.54) is 0 Å². The molecule has 1 rings (SSSR count). The third kappa shape index (κ3) is 4.13. The first-order valence-electron chi connectivity index (χ1n) is 5.07. The number of benzene rings is 1. The maximum absolute atomic E-state index is 11.2. The van der Waals surface area contributed by atoms with Gasteiger partial charge < -0.3 is 9.84 Å². The minimum Gasteiger partial charge on any atom is -0.481 e. The molecule has 0 heterocycles. The lowest BCUT2D eigenvalue weighted by Crippen LogP contribution is -2.07. The quantitative estimate of drug-likeness (QED) is 0.765. The van der Waals surface area contributed by atoms with Crippen molar-refractivity contribution >= 4 is 11.9 Å². The SMILES string of the molecule is CCOC(=O)Cc1ccc(CC(=O)O)cc1. The van der Waals surface area contributed by atoms with Gasteiger partial charge in [0.2, 0.25) is 0 Å². The van der Waals surface area contributed by atoms with Crippen LogP contribution in [0.3, 0.4) is 0 Å². The molecule has 0 radical (unpaired) electrons. The van der Waals surface area contributed by atoms with Crippen LogP contribution in [0.25, 0.3) is 0 Å². The molecule has 0 amide bonds. The summed E-state index contributed by atoms with van der Waals surface area (Å²) in [4.78, 5) is 21.6. The Balaban J connectivity index is 2.57. The Morgan fingerprint density at radius 2 is 1.62 bits per heavy atom. The van der Waals surface area contributed by atoms with Crippen LogP contribution in [0.15, 0.2) is 24.3 Å². The van der Waals surface area contributed by atoms with Crippen LogP contribution in [-0.4, -0.2) is 23.7 Å². The number of carbonyl (C=O) groups is 2. The number of carbonyl (C=O) groups excluding carboxylic acids is 1. The largest absolute Gasteiger partial charge is 0.481 e. The fourth-order valence-electron chi connectivity index (χ4n) is 1.33. The molecule has 0 unspecified atom stereocenters. The summed E-state index contributed by atoms with van der Waals surface area (Å²) in [5, 5.41) is 8.58. The molecule has 0 aromatic heterocycles. The first-order valence-corrected chi connectivity index (χ1v) is 5.07. The van der Waals surface area contributed by atoms with Crippen LogP contribution in [0.5, 0.6) is 0 Å². The third-order valence-electron chi connectivity index (χ3n) is 2.03. The van der Waals surface area contributed by atoms with Crippen molar-refractivity contribution in [2.75, 3.05) is 6.61 Å². The second kappa shape index (κ2) is 5.90. The fraction of sp³-hybridized carbons (Fsp3) is 0.333. The number of hydrogen-bond acceptors (Lipinski definition) is 3. The Morgan fingerprint density at radius 1 is 1.12 bits per heavy atom. The van der Waals surface area contributed by atoms with Crippen molar-refractivity contribution < 1.29 is 19.4 Å².